The van der Waals surface area contributed by atoms with Crippen LogP contribution in [0.2, 0.25) is 0 Å². The van der Waals surface area contributed by atoms with Gasteiger partial charge >= 0.3 is 0 Å². The van der Waals surface area contributed by atoms with Crippen molar-refractivity contribution in [2.45, 2.75) is 18.9 Å². The van der Waals surface area contributed by atoms with Crippen LogP contribution >= 0.6 is 12.4 Å². The molecule has 1 heterocycles. The van der Waals surface area contributed by atoms with Crippen molar-refractivity contribution < 1.29 is 4.92 Å². The highest BCUT2D eigenvalue weighted by Crippen LogP contribution is 2.38. The van der Waals surface area contributed by atoms with E-state index < -0.39 is 0 Å². The Labute approximate surface area is 154 Å². The normalized spacial score (nSPS) is 21.5. The van der Waals surface area contributed by atoms with E-state index in [1.54, 1.807) is 12.1 Å². The highest BCUT2D eigenvalue weighted by Gasteiger charge is 2.36. The van der Waals surface area contributed by atoms with Crippen LogP contribution in [0.5, 0.6) is 0 Å². The SMILES string of the molecule is CC(c1ccccc1[N+](=O)[O-])N1C[C@@H](CN)[C@H](c2ccccc2)C1.Cl. The molecular weight excluding hydrogens is 338 g/mol. The minimum atomic E-state index is -0.295. The van der Waals surface area contributed by atoms with Gasteiger partial charge < -0.3 is 5.73 Å². The smallest absolute Gasteiger partial charge is 0.274 e. The molecule has 0 bridgehead atoms. The Bertz CT molecular complexity index is 711. The first-order valence-corrected chi connectivity index (χ1v) is 8.34. The molecule has 25 heavy (non-hydrogen) atoms. The number of nitrogens with two attached hydrogens (primary N) is 1. The molecule has 6 heteroatoms. The van der Waals surface area contributed by atoms with Crippen molar-refractivity contribution >= 4 is 18.1 Å². The fourth-order valence-electron chi connectivity index (χ4n) is 3.74. The lowest BCUT2D eigenvalue weighted by Gasteiger charge is -2.24. The molecule has 2 N–H and O–H groups in total. The van der Waals surface area contributed by atoms with Gasteiger partial charge in [-0.1, -0.05) is 48.5 Å². The van der Waals surface area contributed by atoms with E-state index >= 15 is 0 Å². The third kappa shape index (κ3) is 4.00. The summed E-state index contributed by atoms with van der Waals surface area (Å²) in [5.41, 5.74) is 8.26. The highest BCUT2D eigenvalue weighted by atomic mass is 35.5. The third-order valence-electron chi connectivity index (χ3n) is 5.13. The van der Waals surface area contributed by atoms with Crippen LogP contribution in [0.25, 0.3) is 0 Å². The average molecular weight is 362 g/mol. The number of benzene rings is 2. The summed E-state index contributed by atoms with van der Waals surface area (Å²) in [5, 5.41) is 11.3. The number of likely N-dealkylation sites (tertiary alicyclic amines) is 1. The molecular formula is C19H24ClN3O2. The largest absolute Gasteiger partial charge is 0.330 e. The number of nitro benzene ring substituents is 1. The maximum Gasteiger partial charge on any atom is 0.274 e. The summed E-state index contributed by atoms with van der Waals surface area (Å²) in [4.78, 5) is 13.3. The standard InChI is InChI=1S/C19H23N3O2.ClH/c1-14(17-9-5-6-10-19(17)22(23)24)21-12-16(11-20)18(13-21)15-7-3-2-4-8-15;/h2-10,14,16,18H,11-13,20H2,1H3;1H/t14?,16-,18+;/m1./s1. The number of nitro groups is 1. The molecule has 0 saturated carbocycles. The maximum atomic E-state index is 11.3. The zero-order valence-electron chi connectivity index (χ0n) is 14.2. The first-order valence-electron chi connectivity index (χ1n) is 8.34. The molecule has 1 aliphatic rings. The van der Waals surface area contributed by atoms with E-state index in [-0.39, 0.29) is 29.1 Å². The van der Waals surface area contributed by atoms with Gasteiger partial charge in [0.25, 0.3) is 5.69 Å². The van der Waals surface area contributed by atoms with Crippen LogP contribution in [0.3, 0.4) is 0 Å². The lowest BCUT2D eigenvalue weighted by molar-refractivity contribution is -0.386. The molecule has 1 fully saturated rings. The average Bonchev–Trinajstić information content (AvgIpc) is 3.06. The quantitative estimate of drug-likeness (QED) is 0.650. The Hall–Kier alpha value is -1.95. The molecule has 0 spiro atoms. The topological polar surface area (TPSA) is 72.4 Å². The minimum absolute atomic E-state index is 0. The summed E-state index contributed by atoms with van der Waals surface area (Å²) in [6, 6.07) is 17.4. The van der Waals surface area contributed by atoms with Gasteiger partial charge in [0, 0.05) is 36.7 Å². The number of para-hydroxylation sites is 1. The molecule has 0 amide bonds. The molecule has 1 saturated heterocycles. The number of halogens is 1. The molecule has 1 unspecified atom stereocenters. The molecule has 2 aromatic rings. The van der Waals surface area contributed by atoms with Gasteiger partial charge in [0.05, 0.1) is 4.92 Å². The van der Waals surface area contributed by atoms with Gasteiger partial charge in [0.2, 0.25) is 0 Å². The van der Waals surface area contributed by atoms with Crippen molar-refractivity contribution in [2.24, 2.45) is 11.7 Å². The molecule has 5 nitrogen and oxygen atoms in total. The van der Waals surface area contributed by atoms with E-state index in [0.29, 0.717) is 18.4 Å². The molecule has 0 aromatic heterocycles. The van der Waals surface area contributed by atoms with Gasteiger partial charge in [0.15, 0.2) is 0 Å². The van der Waals surface area contributed by atoms with Gasteiger partial charge in [-0.2, -0.15) is 0 Å². The van der Waals surface area contributed by atoms with E-state index in [9.17, 15) is 10.1 Å². The van der Waals surface area contributed by atoms with Crippen molar-refractivity contribution in [1.82, 2.24) is 4.90 Å². The van der Waals surface area contributed by atoms with Crippen LogP contribution < -0.4 is 5.73 Å². The molecule has 134 valence electrons. The van der Waals surface area contributed by atoms with Gasteiger partial charge in [-0.3, -0.25) is 15.0 Å². The lowest BCUT2D eigenvalue weighted by Crippen LogP contribution is -2.26. The van der Waals surface area contributed by atoms with E-state index in [4.69, 9.17) is 5.73 Å². The number of nitrogens with zero attached hydrogens (tertiary/aromatic N) is 2. The number of rotatable bonds is 5. The number of hydrogen-bond acceptors (Lipinski definition) is 4. The summed E-state index contributed by atoms with van der Waals surface area (Å²) in [6.45, 7) is 4.41. The van der Waals surface area contributed by atoms with E-state index in [0.717, 1.165) is 18.7 Å². The van der Waals surface area contributed by atoms with Crippen LogP contribution in [0.1, 0.15) is 30.0 Å². The zero-order valence-corrected chi connectivity index (χ0v) is 15.1. The van der Waals surface area contributed by atoms with Crippen LogP contribution in [0.15, 0.2) is 54.6 Å². The molecule has 3 rings (SSSR count). The van der Waals surface area contributed by atoms with Crippen molar-refractivity contribution in [2.75, 3.05) is 19.6 Å². The molecule has 0 radical (unpaired) electrons. The fraction of sp³-hybridized carbons (Fsp3) is 0.368. The van der Waals surface area contributed by atoms with Gasteiger partial charge in [0.1, 0.15) is 0 Å². The van der Waals surface area contributed by atoms with Crippen LogP contribution in [-0.2, 0) is 0 Å². The van der Waals surface area contributed by atoms with Crippen LogP contribution in [-0.4, -0.2) is 29.5 Å². The summed E-state index contributed by atoms with van der Waals surface area (Å²) in [7, 11) is 0. The third-order valence-corrected chi connectivity index (χ3v) is 5.13. The Balaban J connectivity index is 0.00000225. The molecule has 2 aromatic carbocycles. The Morgan fingerprint density at radius 3 is 2.44 bits per heavy atom. The number of hydrogen-bond donors (Lipinski definition) is 1. The van der Waals surface area contributed by atoms with Gasteiger partial charge in [-0.15, -0.1) is 12.4 Å². The minimum Gasteiger partial charge on any atom is -0.330 e. The first-order chi connectivity index (χ1) is 11.6. The molecule has 3 atom stereocenters. The highest BCUT2D eigenvalue weighted by molar-refractivity contribution is 5.85. The summed E-state index contributed by atoms with van der Waals surface area (Å²) >= 11 is 0. The molecule has 0 aliphatic carbocycles. The van der Waals surface area contributed by atoms with Gasteiger partial charge in [-0.05, 0) is 24.9 Å². The van der Waals surface area contributed by atoms with Crippen molar-refractivity contribution in [3.63, 3.8) is 0 Å². The molecule has 1 aliphatic heterocycles. The van der Waals surface area contributed by atoms with Crippen LogP contribution in [0.4, 0.5) is 5.69 Å². The Kier molecular flexibility index (Phi) is 6.53. The lowest BCUT2D eigenvalue weighted by atomic mass is 9.89. The van der Waals surface area contributed by atoms with Crippen molar-refractivity contribution in [3.05, 3.63) is 75.8 Å². The predicted octanol–water partition coefficient (Wildman–Crippen LogP) is 3.75. The van der Waals surface area contributed by atoms with Gasteiger partial charge in [-0.25, -0.2) is 0 Å². The summed E-state index contributed by atoms with van der Waals surface area (Å²) in [6.07, 6.45) is 0. The summed E-state index contributed by atoms with van der Waals surface area (Å²) < 4.78 is 0. The summed E-state index contributed by atoms with van der Waals surface area (Å²) in [5.74, 6) is 0.749. The predicted molar refractivity (Wildman–Crippen MR) is 102 cm³/mol. The zero-order chi connectivity index (χ0) is 17.1. The monoisotopic (exact) mass is 361 g/mol. The maximum absolute atomic E-state index is 11.3. The van der Waals surface area contributed by atoms with E-state index in [1.807, 2.05) is 25.1 Å². The Morgan fingerprint density at radius 2 is 1.80 bits per heavy atom. The van der Waals surface area contributed by atoms with Crippen molar-refractivity contribution in [1.29, 1.82) is 0 Å². The second-order valence-electron chi connectivity index (χ2n) is 6.46. The second kappa shape index (κ2) is 8.43. The Morgan fingerprint density at radius 1 is 1.16 bits per heavy atom. The van der Waals surface area contributed by atoms with E-state index in [2.05, 4.69) is 29.2 Å². The first kappa shape index (κ1) is 19.4. The van der Waals surface area contributed by atoms with E-state index in [1.165, 1.54) is 5.56 Å². The second-order valence-corrected chi connectivity index (χ2v) is 6.46. The van der Waals surface area contributed by atoms with Crippen LogP contribution in [0, 0.1) is 16.0 Å². The fourth-order valence-corrected chi connectivity index (χ4v) is 3.74. The van der Waals surface area contributed by atoms with Crippen molar-refractivity contribution in [3.8, 4) is 0 Å².